The van der Waals surface area contributed by atoms with Gasteiger partial charge in [0.2, 0.25) is 0 Å². The first-order valence-electron chi connectivity index (χ1n) is 5.77. The molecule has 0 aliphatic heterocycles. The van der Waals surface area contributed by atoms with Gasteiger partial charge in [0.15, 0.2) is 0 Å². The van der Waals surface area contributed by atoms with Gasteiger partial charge in [-0.05, 0) is 36.8 Å². The summed E-state index contributed by atoms with van der Waals surface area (Å²) in [5, 5.41) is 12.1. The highest BCUT2D eigenvalue weighted by Crippen LogP contribution is 2.47. The van der Waals surface area contributed by atoms with Crippen LogP contribution in [0, 0.1) is 5.41 Å². The van der Waals surface area contributed by atoms with E-state index in [4.69, 9.17) is 28.3 Å². The van der Waals surface area contributed by atoms with E-state index in [1.807, 2.05) is 0 Å². The number of nitrogens with one attached hydrogen (secondary N) is 1. The van der Waals surface area contributed by atoms with E-state index in [1.165, 1.54) is 6.07 Å². The molecular weight excluding hydrogens is 275 g/mol. The van der Waals surface area contributed by atoms with Gasteiger partial charge >= 0.3 is 0 Å². The van der Waals surface area contributed by atoms with E-state index in [1.54, 1.807) is 6.07 Å². The van der Waals surface area contributed by atoms with Gasteiger partial charge in [0.05, 0.1) is 5.56 Å². The minimum absolute atomic E-state index is 0.0801. The number of aromatic nitrogens is 1. The van der Waals surface area contributed by atoms with Crippen molar-refractivity contribution in [2.45, 2.75) is 19.3 Å². The van der Waals surface area contributed by atoms with Gasteiger partial charge < -0.3 is 10.4 Å². The molecule has 0 bridgehead atoms. The molecule has 98 valence electrons. The highest BCUT2D eigenvalue weighted by molar-refractivity contribution is 6.34. The molecule has 0 unspecified atom stereocenters. The molecule has 6 heteroatoms. The summed E-state index contributed by atoms with van der Waals surface area (Å²) < 4.78 is 0. The number of aliphatic hydroxyl groups excluding tert-OH is 1. The lowest BCUT2D eigenvalue weighted by Gasteiger charge is -2.14. The van der Waals surface area contributed by atoms with Crippen LogP contribution in [-0.2, 0) is 0 Å². The van der Waals surface area contributed by atoms with Crippen LogP contribution in [0.2, 0.25) is 10.3 Å². The molecule has 1 fully saturated rings. The maximum atomic E-state index is 11.9. The van der Waals surface area contributed by atoms with Gasteiger partial charge in [0.25, 0.3) is 5.91 Å². The first-order chi connectivity index (χ1) is 8.56. The van der Waals surface area contributed by atoms with Crippen LogP contribution >= 0.6 is 23.2 Å². The standard InChI is InChI=1S/C12H14Cl2N2O2/c13-9-2-1-8(10(14)16-9)11(18)15-7-12(3-4-12)5-6-17/h1-2,17H,3-7H2,(H,15,18). The van der Waals surface area contributed by atoms with E-state index in [9.17, 15) is 4.79 Å². The first kappa shape index (κ1) is 13.6. The van der Waals surface area contributed by atoms with Crippen molar-refractivity contribution in [3.05, 3.63) is 28.0 Å². The third-order valence-corrected chi connectivity index (χ3v) is 3.78. The Morgan fingerprint density at radius 2 is 2.17 bits per heavy atom. The number of hydrogen-bond acceptors (Lipinski definition) is 3. The van der Waals surface area contributed by atoms with E-state index in [0.717, 1.165) is 19.3 Å². The van der Waals surface area contributed by atoms with Crippen molar-refractivity contribution < 1.29 is 9.90 Å². The van der Waals surface area contributed by atoms with Crippen molar-refractivity contribution in [2.75, 3.05) is 13.2 Å². The molecule has 0 spiro atoms. The number of carbonyl (C=O) groups is 1. The largest absolute Gasteiger partial charge is 0.396 e. The highest BCUT2D eigenvalue weighted by Gasteiger charge is 2.41. The number of pyridine rings is 1. The van der Waals surface area contributed by atoms with Crippen molar-refractivity contribution in [1.82, 2.24) is 10.3 Å². The average molecular weight is 289 g/mol. The van der Waals surface area contributed by atoms with E-state index < -0.39 is 0 Å². The lowest BCUT2D eigenvalue weighted by atomic mass is 10.0. The summed E-state index contributed by atoms with van der Waals surface area (Å²) in [5.41, 5.74) is 0.400. The van der Waals surface area contributed by atoms with Crippen molar-refractivity contribution in [1.29, 1.82) is 0 Å². The van der Waals surface area contributed by atoms with Gasteiger partial charge in [-0.3, -0.25) is 4.79 Å². The Morgan fingerprint density at radius 3 is 2.72 bits per heavy atom. The predicted molar refractivity (Wildman–Crippen MR) is 70.0 cm³/mol. The zero-order chi connectivity index (χ0) is 13.2. The second kappa shape index (κ2) is 5.43. The third-order valence-electron chi connectivity index (χ3n) is 3.28. The van der Waals surface area contributed by atoms with E-state index in [-0.39, 0.29) is 28.2 Å². The Hall–Kier alpha value is -0.840. The molecular formula is C12H14Cl2N2O2. The maximum Gasteiger partial charge on any atom is 0.254 e. The summed E-state index contributed by atoms with van der Waals surface area (Å²) >= 11 is 11.5. The fourth-order valence-corrected chi connectivity index (χ4v) is 2.30. The first-order valence-corrected chi connectivity index (χ1v) is 6.53. The number of carbonyl (C=O) groups excluding carboxylic acids is 1. The van der Waals surface area contributed by atoms with Crippen LogP contribution in [0.5, 0.6) is 0 Å². The number of rotatable bonds is 5. The van der Waals surface area contributed by atoms with Crippen LogP contribution < -0.4 is 5.32 Å². The second-order valence-electron chi connectivity index (χ2n) is 4.63. The van der Waals surface area contributed by atoms with Crippen molar-refractivity contribution in [2.24, 2.45) is 5.41 Å². The minimum atomic E-state index is -0.256. The molecule has 1 aliphatic rings. The van der Waals surface area contributed by atoms with Gasteiger partial charge in [0.1, 0.15) is 10.3 Å². The molecule has 1 amide bonds. The monoisotopic (exact) mass is 288 g/mol. The molecule has 2 N–H and O–H groups in total. The van der Waals surface area contributed by atoms with Crippen LogP contribution in [0.25, 0.3) is 0 Å². The minimum Gasteiger partial charge on any atom is -0.396 e. The lowest BCUT2D eigenvalue weighted by Crippen LogP contribution is -2.31. The molecule has 18 heavy (non-hydrogen) atoms. The summed E-state index contributed by atoms with van der Waals surface area (Å²) in [7, 11) is 0. The molecule has 1 aromatic rings. The second-order valence-corrected chi connectivity index (χ2v) is 5.37. The highest BCUT2D eigenvalue weighted by atomic mass is 35.5. The Morgan fingerprint density at radius 1 is 1.44 bits per heavy atom. The SMILES string of the molecule is O=C(NCC1(CCO)CC1)c1ccc(Cl)nc1Cl. The molecule has 0 saturated heterocycles. The average Bonchev–Trinajstić information content (AvgIpc) is 3.07. The van der Waals surface area contributed by atoms with Crippen molar-refractivity contribution in [3.63, 3.8) is 0 Å². The van der Waals surface area contributed by atoms with Crippen LogP contribution in [-0.4, -0.2) is 29.1 Å². The molecule has 1 aliphatic carbocycles. The summed E-state index contributed by atoms with van der Waals surface area (Å²) in [6.07, 6.45) is 2.81. The lowest BCUT2D eigenvalue weighted by molar-refractivity contribution is 0.0940. The normalized spacial score (nSPS) is 16.4. The zero-order valence-electron chi connectivity index (χ0n) is 9.75. The van der Waals surface area contributed by atoms with E-state index in [0.29, 0.717) is 12.1 Å². The van der Waals surface area contributed by atoms with Crippen LogP contribution in [0.3, 0.4) is 0 Å². The van der Waals surface area contributed by atoms with Gasteiger partial charge in [-0.1, -0.05) is 23.2 Å². The van der Waals surface area contributed by atoms with E-state index in [2.05, 4.69) is 10.3 Å². The maximum absolute atomic E-state index is 11.9. The fraction of sp³-hybridized carbons (Fsp3) is 0.500. The van der Waals surface area contributed by atoms with Crippen molar-refractivity contribution >= 4 is 29.1 Å². The Labute approximate surface area is 115 Å². The zero-order valence-corrected chi connectivity index (χ0v) is 11.3. The molecule has 1 saturated carbocycles. The summed E-state index contributed by atoms with van der Waals surface area (Å²) in [5.74, 6) is -0.256. The molecule has 1 aromatic heterocycles. The molecule has 2 rings (SSSR count). The van der Waals surface area contributed by atoms with Gasteiger partial charge in [-0.2, -0.15) is 0 Å². The molecule has 0 aromatic carbocycles. The van der Waals surface area contributed by atoms with Gasteiger partial charge in [0, 0.05) is 13.2 Å². The fourth-order valence-electron chi connectivity index (χ4n) is 1.87. The summed E-state index contributed by atoms with van der Waals surface area (Å²) in [4.78, 5) is 15.7. The van der Waals surface area contributed by atoms with Crippen molar-refractivity contribution in [3.8, 4) is 0 Å². The summed E-state index contributed by atoms with van der Waals surface area (Å²) in [6, 6.07) is 3.08. The number of hydrogen-bond donors (Lipinski definition) is 2. The number of nitrogens with zero attached hydrogens (tertiary/aromatic N) is 1. The molecule has 0 atom stereocenters. The molecule has 4 nitrogen and oxygen atoms in total. The van der Waals surface area contributed by atoms with Crippen LogP contribution in [0.15, 0.2) is 12.1 Å². The third kappa shape index (κ3) is 3.13. The van der Waals surface area contributed by atoms with Gasteiger partial charge in [-0.15, -0.1) is 0 Å². The Kier molecular flexibility index (Phi) is 4.10. The topological polar surface area (TPSA) is 62.2 Å². The quantitative estimate of drug-likeness (QED) is 0.817. The summed E-state index contributed by atoms with van der Waals surface area (Å²) in [6.45, 7) is 0.713. The van der Waals surface area contributed by atoms with E-state index >= 15 is 0 Å². The smallest absolute Gasteiger partial charge is 0.254 e. The van der Waals surface area contributed by atoms with Crippen LogP contribution in [0.1, 0.15) is 29.6 Å². The van der Waals surface area contributed by atoms with Crippen LogP contribution in [0.4, 0.5) is 0 Å². The Balaban J connectivity index is 1.96. The molecule has 1 heterocycles. The predicted octanol–water partition coefficient (Wildman–Crippen LogP) is 2.28. The number of halogens is 2. The van der Waals surface area contributed by atoms with Gasteiger partial charge in [-0.25, -0.2) is 4.98 Å². The Bertz CT molecular complexity index is 461. The number of amides is 1. The number of aliphatic hydroxyl groups is 1. The molecule has 0 radical (unpaired) electrons.